The fourth-order valence-electron chi connectivity index (χ4n) is 3.54. The second-order valence-corrected chi connectivity index (χ2v) is 8.47. The van der Waals surface area contributed by atoms with Gasteiger partial charge in [-0.25, -0.2) is 0 Å². The molecule has 0 aliphatic carbocycles. The summed E-state index contributed by atoms with van der Waals surface area (Å²) in [5.41, 5.74) is 2.42. The highest BCUT2D eigenvalue weighted by atomic mass is 32.2. The summed E-state index contributed by atoms with van der Waals surface area (Å²) >= 11 is 1.38. The summed E-state index contributed by atoms with van der Waals surface area (Å²) in [4.78, 5) is 27.0. The van der Waals surface area contributed by atoms with Crippen LogP contribution >= 0.6 is 11.8 Å². The van der Waals surface area contributed by atoms with Gasteiger partial charge < -0.3 is 24.8 Å². The molecule has 0 atom stereocenters. The number of thioether (sulfide) groups is 1. The van der Waals surface area contributed by atoms with Crippen molar-refractivity contribution in [3.05, 3.63) is 95.2 Å². The third kappa shape index (κ3) is 6.82. The lowest BCUT2D eigenvalue weighted by atomic mass is 10.1. The van der Waals surface area contributed by atoms with Gasteiger partial charge in [0.05, 0.1) is 21.3 Å². The Labute approximate surface area is 215 Å². The second-order valence-electron chi connectivity index (χ2n) is 7.65. The van der Waals surface area contributed by atoms with E-state index in [0.29, 0.717) is 40.7 Å². The van der Waals surface area contributed by atoms with E-state index in [4.69, 9.17) is 14.2 Å². The van der Waals surface area contributed by atoms with Crippen molar-refractivity contribution in [1.29, 1.82) is 0 Å². The highest BCUT2D eigenvalue weighted by molar-refractivity contribution is 8.07. The van der Waals surface area contributed by atoms with Crippen LogP contribution in [-0.4, -0.2) is 45.9 Å². The van der Waals surface area contributed by atoms with E-state index in [2.05, 4.69) is 10.6 Å². The van der Waals surface area contributed by atoms with E-state index in [9.17, 15) is 9.59 Å². The minimum absolute atomic E-state index is 0.189. The smallest absolute Gasteiger partial charge is 0.269 e. The summed E-state index contributed by atoms with van der Waals surface area (Å²) in [6.45, 7) is 0.364. The number of rotatable bonds is 11. The molecule has 3 aromatic carbocycles. The van der Waals surface area contributed by atoms with E-state index in [1.54, 1.807) is 45.6 Å². The van der Waals surface area contributed by atoms with Crippen LogP contribution in [-0.2, 0) is 11.2 Å². The molecule has 0 unspecified atom stereocenters. The summed E-state index contributed by atoms with van der Waals surface area (Å²) in [6.07, 6.45) is 2.44. The van der Waals surface area contributed by atoms with Crippen LogP contribution in [0.4, 0.5) is 0 Å². The minimum atomic E-state index is -0.375. The number of ether oxygens (including phenoxy) is 3. The first kappa shape index (κ1) is 26.7. The van der Waals surface area contributed by atoms with Crippen molar-refractivity contribution in [1.82, 2.24) is 10.6 Å². The van der Waals surface area contributed by atoms with Crippen LogP contribution in [0.25, 0.3) is 4.91 Å². The molecule has 8 heteroatoms. The largest absolute Gasteiger partial charge is 0.497 e. The normalized spacial score (nSPS) is 11.2. The van der Waals surface area contributed by atoms with E-state index in [1.807, 2.05) is 54.8 Å². The number of hydrogen-bond donors (Lipinski definition) is 2. The molecule has 36 heavy (non-hydrogen) atoms. The Balaban J connectivity index is 1.84. The Morgan fingerprint density at radius 2 is 1.50 bits per heavy atom. The first-order valence-electron chi connectivity index (χ1n) is 11.3. The van der Waals surface area contributed by atoms with Crippen LogP contribution < -0.4 is 24.8 Å². The van der Waals surface area contributed by atoms with E-state index < -0.39 is 0 Å². The summed E-state index contributed by atoms with van der Waals surface area (Å²) in [7, 11) is 4.76. The topological polar surface area (TPSA) is 85.9 Å². The lowest BCUT2D eigenvalue weighted by Gasteiger charge is -2.16. The lowest BCUT2D eigenvalue weighted by molar-refractivity contribution is -0.117. The number of nitrogens with one attached hydrogen (secondary N) is 2. The van der Waals surface area contributed by atoms with Crippen LogP contribution in [0, 0.1) is 0 Å². The molecular weight excluding hydrogens is 476 g/mol. The van der Waals surface area contributed by atoms with Crippen LogP contribution in [0.1, 0.15) is 21.5 Å². The maximum absolute atomic E-state index is 13.4. The molecule has 0 saturated carbocycles. The molecule has 2 N–H and O–H groups in total. The summed E-state index contributed by atoms with van der Waals surface area (Å²) in [5.74, 6) is 1.23. The molecule has 0 bridgehead atoms. The van der Waals surface area contributed by atoms with Crippen molar-refractivity contribution in [2.45, 2.75) is 6.42 Å². The van der Waals surface area contributed by atoms with E-state index >= 15 is 0 Å². The molecule has 0 fully saturated rings. The fraction of sp³-hybridized carbons (Fsp3) is 0.214. The number of amides is 2. The monoisotopic (exact) mass is 506 g/mol. The van der Waals surface area contributed by atoms with Crippen molar-refractivity contribution in [3.63, 3.8) is 0 Å². The highest BCUT2D eigenvalue weighted by Gasteiger charge is 2.20. The zero-order chi connectivity index (χ0) is 25.9. The zero-order valence-corrected chi connectivity index (χ0v) is 21.6. The number of carbonyl (C=O) groups is 2. The fourth-order valence-corrected chi connectivity index (χ4v) is 4.26. The molecule has 188 valence electrons. The molecule has 2 amide bonds. The van der Waals surface area contributed by atoms with Gasteiger partial charge in [-0.2, -0.15) is 0 Å². The Bertz CT molecular complexity index is 1210. The number of benzene rings is 3. The molecule has 7 nitrogen and oxygen atoms in total. The van der Waals surface area contributed by atoms with Crippen molar-refractivity contribution >= 4 is 28.5 Å². The van der Waals surface area contributed by atoms with Crippen LogP contribution in [0.2, 0.25) is 0 Å². The van der Waals surface area contributed by atoms with Gasteiger partial charge in [-0.1, -0.05) is 36.4 Å². The Morgan fingerprint density at radius 1 is 0.806 bits per heavy atom. The van der Waals surface area contributed by atoms with Gasteiger partial charge in [0.25, 0.3) is 11.8 Å². The molecule has 0 saturated heterocycles. The Morgan fingerprint density at radius 3 is 2.11 bits per heavy atom. The Hall–Kier alpha value is -3.91. The maximum Gasteiger partial charge on any atom is 0.269 e. The molecular formula is C28H30N2O5S. The van der Waals surface area contributed by atoms with Crippen LogP contribution in [0.15, 0.2) is 78.5 Å². The summed E-state index contributed by atoms with van der Waals surface area (Å²) in [5, 5.41) is 5.77. The lowest BCUT2D eigenvalue weighted by Crippen LogP contribution is -2.36. The Kier molecular flexibility index (Phi) is 9.82. The van der Waals surface area contributed by atoms with Gasteiger partial charge >= 0.3 is 0 Å². The van der Waals surface area contributed by atoms with Crippen molar-refractivity contribution in [3.8, 4) is 17.2 Å². The highest BCUT2D eigenvalue weighted by Crippen LogP contribution is 2.30. The molecule has 0 aromatic heterocycles. The molecule has 0 heterocycles. The zero-order valence-electron chi connectivity index (χ0n) is 20.8. The van der Waals surface area contributed by atoms with Crippen LogP contribution in [0.5, 0.6) is 17.2 Å². The first-order valence-corrected chi connectivity index (χ1v) is 12.5. The van der Waals surface area contributed by atoms with Crippen molar-refractivity contribution in [2.75, 3.05) is 34.1 Å². The number of hydrogen-bond acceptors (Lipinski definition) is 6. The van der Waals surface area contributed by atoms with E-state index in [0.717, 1.165) is 11.1 Å². The first-order chi connectivity index (χ1) is 17.5. The van der Waals surface area contributed by atoms with Crippen molar-refractivity contribution in [2.24, 2.45) is 0 Å². The average Bonchev–Trinajstić information content (AvgIpc) is 2.93. The van der Waals surface area contributed by atoms with Gasteiger partial charge in [0.15, 0.2) is 11.5 Å². The van der Waals surface area contributed by atoms with Gasteiger partial charge in [0.1, 0.15) is 11.4 Å². The van der Waals surface area contributed by atoms with Gasteiger partial charge in [0.2, 0.25) is 0 Å². The van der Waals surface area contributed by atoms with E-state index in [1.165, 1.54) is 11.8 Å². The third-order valence-corrected chi connectivity index (χ3v) is 6.28. The number of methoxy groups -OCH3 is 3. The molecule has 0 aliphatic rings. The quantitative estimate of drug-likeness (QED) is 0.372. The predicted molar refractivity (Wildman–Crippen MR) is 144 cm³/mol. The van der Waals surface area contributed by atoms with E-state index in [-0.39, 0.29) is 17.5 Å². The third-order valence-electron chi connectivity index (χ3n) is 5.43. The minimum Gasteiger partial charge on any atom is -0.497 e. The van der Waals surface area contributed by atoms with Gasteiger partial charge in [-0.15, -0.1) is 11.8 Å². The SMILES string of the molecule is COc1ccc(/C(SC)=C(\NC(=O)c2ccccc2)C(=O)NCCc2ccc(OC)c(OC)c2)cc1. The van der Waals surface area contributed by atoms with Gasteiger partial charge in [0, 0.05) is 17.0 Å². The molecule has 0 aliphatic heterocycles. The summed E-state index contributed by atoms with van der Waals surface area (Å²) in [6, 6.07) is 21.8. The van der Waals surface area contributed by atoms with Gasteiger partial charge in [-0.3, -0.25) is 9.59 Å². The predicted octanol–water partition coefficient (Wildman–Crippen LogP) is 4.53. The second kappa shape index (κ2) is 13.3. The van der Waals surface area contributed by atoms with Crippen LogP contribution in [0.3, 0.4) is 0 Å². The van der Waals surface area contributed by atoms with Gasteiger partial charge in [-0.05, 0) is 60.2 Å². The van der Waals surface area contributed by atoms with Crippen molar-refractivity contribution < 1.29 is 23.8 Å². The molecule has 3 aromatic rings. The molecule has 3 rings (SSSR count). The standard InChI is InChI=1S/C28H30N2O5S/c1-33-22-13-11-20(12-14-22)26(36-4)25(30-27(31)21-8-6-5-7-9-21)28(32)29-17-16-19-10-15-23(34-2)24(18-19)35-3/h5-15,18H,16-17H2,1-4H3,(H,29,32)(H,30,31)/b26-25+. The molecule has 0 radical (unpaired) electrons. The summed E-state index contributed by atoms with van der Waals surface area (Å²) < 4.78 is 15.9. The number of carbonyl (C=O) groups excluding carboxylic acids is 2. The maximum atomic E-state index is 13.4. The molecule has 0 spiro atoms. The average molecular weight is 507 g/mol.